The van der Waals surface area contributed by atoms with Crippen LogP contribution in [-0.2, 0) is 9.59 Å². The van der Waals surface area contributed by atoms with Crippen molar-refractivity contribution in [3.8, 4) is 0 Å². The molecule has 0 spiro atoms. The Balaban J connectivity index is 2.70. The molecule has 1 rings (SSSR count). The highest BCUT2D eigenvalue weighted by atomic mass is 16.4. The standard InChI is InChI=1S/C14H25NO4/c1-3-13(4-2,12(18)19)9-11(17)15-14(10-16)7-5-6-8-14/h16H,3-10H2,1-2H3,(H,15,17)(H,18,19). The summed E-state index contributed by atoms with van der Waals surface area (Å²) in [4.78, 5) is 23.5. The van der Waals surface area contributed by atoms with E-state index in [1.54, 1.807) is 13.8 Å². The fourth-order valence-electron chi connectivity index (χ4n) is 2.90. The van der Waals surface area contributed by atoms with E-state index in [4.69, 9.17) is 0 Å². The summed E-state index contributed by atoms with van der Waals surface area (Å²) >= 11 is 0. The zero-order valence-corrected chi connectivity index (χ0v) is 11.9. The fourth-order valence-corrected chi connectivity index (χ4v) is 2.90. The number of hydrogen-bond donors (Lipinski definition) is 3. The normalized spacial score (nSPS) is 18.3. The van der Waals surface area contributed by atoms with E-state index >= 15 is 0 Å². The smallest absolute Gasteiger partial charge is 0.310 e. The Bertz CT molecular complexity index is 330. The quantitative estimate of drug-likeness (QED) is 0.657. The Morgan fingerprint density at radius 1 is 1.21 bits per heavy atom. The number of amides is 1. The number of carboxylic acids is 1. The highest BCUT2D eigenvalue weighted by molar-refractivity contribution is 5.85. The first-order valence-electron chi connectivity index (χ1n) is 7.09. The van der Waals surface area contributed by atoms with Gasteiger partial charge < -0.3 is 15.5 Å². The predicted octanol–water partition coefficient (Wildman–Crippen LogP) is 1.69. The molecule has 0 unspecified atom stereocenters. The SMILES string of the molecule is CCC(CC)(CC(=O)NC1(CO)CCCC1)C(=O)O. The minimum absolute atomic E-state index is 0.0168. The molecule has 19 heavy (non-hydrogen) atoms. The molecule has 0 aliphatic heterocycles. The number of aliphatic hydroxyl groups excluding tert-OH is 1. The first-order valence-corrected chi connectivity index (χ1v) is 7.09. The Morgan fingerprint density at radius 3 is 2.11 bits per heavy atom. The molecule has 0 aromatic heterocycles. The summed E-state index contributed by atoms with van der Waals surface area (Å²) in [6, 6.07) is 0. The summed E-state index contributed by atoms with van der Waals surface area (Å²) in [5, 5.41) is 21.7. The summed E-state index contributed by atoms with van der Waals surface area (Å²) in [5.41, 5.74) is -1.51. The molecule has 1 saturated carbocycles. The third kappa shape index (κ3) is 3.47. The zero-order chi connectivity index (χ0) is 14.5. The molecule has 0 atom stereocenters. The highest BCUT2D eigenvalue weighted by Gasteiger charge is 2.40. The first-order chi connectivity index (χ1) is 8.93. The lowest BCUT2D eigenvalue weighted by Crippen LogP contribution is -2.51. The highest BCUT2D eigenvalue weighted by Crippen LogP contribution is 2.33. The van der Waals surface area contributed by atoms with Crippen LogP contribution in [0, 0.1) is 5.41 Å². The maximum atomic E-state index is 12.1. The van der Waals surface area contributed by atoms with Crippen LogP contribution >= 0.6 is 0 Å². The van der Waals surface area contributed by atoms with Crippen LogP contribution in [-0.4, -0.2) is 34.2 Å². The minimum Gasteiger partial charge on any atom is -0.481 e. The van der Waals surface area contributed by atoms with E-state index in [0.717, 1.165) is 25.7 Å². The molecular formula is C14H25NO4. The monoisotopic (exact) mass is 271 g/mol. The van der Waals surface area contributed by atoms with Crippen molar-refractivity contribution in [2.75, 3.05) is 6.61 Å². The Hall–Kier alpha value is -1.10. The van der Waals surface area contributed by atoms with E-state index in [1.165, 1.54) is 0 Å². The molecular weight excluding hydrogens is 246 g/mol. The maximum Gasteiger partial charge on any atom is 0.310 e. The summed E-state index contributed by atoms with van der Waals surface area (Å²) in [6.07, 6.45) is 4.37. The van der Waals surface area contributed by atoms with Gasteiger partial charge in [0.25, 0.3) is 0 Å². The topological polar surface area (TPSA) is 86.6 Å². The van der Waals surface area contributed by atoms with E-state index in [2.05, 4.69) is 5.32 Å². The van der Waals surface area contributed by atoms with Crippen molar-refractivity contribution >= 4 is 11.9 Å². The van der Waals surface area contributed by atoms with Gasteiger partial charge in [-0.05, 0) is 25.7 Å². The van der Waals surface area contributed by atoms with Crippen LogP contribution in [0.25, 0.3) is 0 Å². The lowest BCUT2D eigenvalue weighted by Gasteiger charge is -2.31. The molecule has 0 heterocycles. The number of aliphatic hydroxyl groups is 1. The molecule has 0 radical (unpaired) electrons. The van der Waals surface area contributed by atoms with Crippen LogP contribution < -0.4 is 5.32 Å². The third-order valence-corrected chi connectivity index (χ3v) is 4.57. The van der Waals surface area contributed by atoms with Gasteiger partial charge in [0, 0.05) is 6.42 Å². The number of aliphatic carboxylic acids is 1. The molecule has 0 saturated heterocycles. The van der Waals surface area contributed by atoms with Crippen molar-refractivity contribution in [2.24, 2.45) is 5.41 Å². The average molecular weight is 271 g/mol. The van der Waals surface area contributed by atoms with E-state index in [-0.39, 0.29) is 18.9 Å². The molecule has 0 aromatic carbocycles. The van der Waals surface area contributed by atoms with Gasteiger partial charge >= 0.3 is 5.97 Å². The van der Waals surface area contributed by atoms with E-state index in [9.17, 15) is 19.8 Å². The van der Waals surface area contributed by atoms with Crippen LogP contribution in [0.2, 0.25) is 0 Å². The van der Waals surface area contributed by atoms with Crippen molar-refractivity contribution in [1.29, 1.82) is 0 Å². The van der Waals surface area contributed by atoms with Crippen molar-refractivity contribution in [3.63, 3.8) is 0 Å². The number of carbonyl (C=O) groups is 2. The van der Waals surface area contributed by atoms with Gasteiger partial charge in [0.15, 0.2) is 0 Å². The second-order valence-corrected chi connectivity index (χ2v) is 5.66. The molecule has 1 amide bonds. The largest absolute Gasteiger partial charge is 0.481 e. The molecule has 110 valence electrons. The molecule has 1 aliphatic carbocycles. The fraction of sp³-hybridized carbons (Fsp3) is 0.857. The Labute approximate surface area is 114 Å². The molecule has 0 aromatic rings. The van der Waals surface area contributed by atoms with Crippen LogP contribution in [0.4, 0.5) is 0 Å². The summed E-state index contributed by atoms with van der Waals surface area (Å²) in [7, 11) is 0. The van der Waals surface area contributed by atoms with Crippen molar-refractivity contribution in [2.45, 2.75) is 64.3 Å². The summed E-state index contributed by atoms with van der Waals surface area (Å²) < 4.78 is 0. The molecule has 3 N–H and O–H groups in total. The van der Waals surface area contributed by atoms with Gasteiger partial charge in [0.2, 0.25) is 5.91 Å². The van der Waals surface area contributed by atoms with Crippen LogP contribution in [0.5, 0.6) is 0 Å². The van der Waals surface area contributed by atoms with Crippen LogP contribution in [0.1, 0.15) is 58.8 Å². The van der Waals surface area contributed by atoms with Crippen molar-refractivity contribution in [1.82, 2.24) is 5.32 Å². The van der Waals surface area contributed by atoms with Crippen molar-refractivity contribution < 1.29 is 19.8 Å². The van der Waals surface area contributed by atoms with Crippen LogP contribution in [0.3, 0.4) is 0 Å². The lowest BCUT2D eigenvalue weighted by molar-refractivity contribution is -0.152. The van der Waals surface area contributed by atoms with E-state index in [0.29, 0.717) is 12.8 Å². The van der Waals surface area contributed by atoms with Gasteiger partial charge in [-0.3, -0.25) is 9.59 Å². The predicted molar refractivity (Wildman–Crippen MR) is 71.7 cm³/mol. The Kier molecular flexibility index (Phi) is 5.35. The van der Waals surface area contributed by atoms with Gasteiger partial charge in [-0.25, -0.2) is 0 Å². The van der Waals surface area contributed by atoms with Crippen LogP contribution in [0.15, 0.2) is 0 Å². The number of hydrogen-bond acceptors (Lipinski definition) is 3. The summed E-state index contributed by atoms with van der Waals surface area (Å²) in [5.74, 6) is -1.18. The molecule has 5 nitrogen and oxygen atoms in total. The first kappa shape index (κ1) is 16.0. The lowest BCUT2D eigenvalue weighted by atomic mass is 9.78. The minimum atomic E-state index is -0.987. The number of carbonyl (C=O) groups excluding carboxylic acids is 1. The van der Waals surface area contributed by atoms with Gasteiger partial charge in [-0.15, -0.1) is 0 Å². The summed E-state index contributed by atoms with van der Waals surface area (Å²) in [6.45, 7) is 3.52. The second-order valence-electron chi connectivity index (χ2n) is 5.66. The van der Waals surface area contributed by atoms with E-state index < -0.39 is 16.9 Å². The van der Waals surface area contributed by atoms with E-state index in [1.807, 2.05) is 0 Å². The average Bonchev–Trinajstić information content (AvgIpc) is 2.84. The molecule has 5 heteroatoms. The molecule has 1 aliphatic rings. The van der Waals surface area contributed by atoms with Gasteiger partial charge in [0.1, 0.15) is 0 Å². The maximum absolute atomic E-state index is 12.1. The Morgan fingerprint density at radius 2 is 1.74 bits per heavy atom. The molecule has 1 fully saturated rings. The zero-order valence-electron chi connectivity index (χ0n) is 11.9. The van der Waals surface area contributed by atoms with Crippen molar-refractivity contribution in [3.05, 3.63) is 0 Å². The third-order valence-electron chi connectivity index (χ3n) is 4.57. The number of nitrogens with one attached hydrogen (secondary N) is 1. The molecule has 0 bridgehead atoms. The second kappa shape index (κ2) is 6.37. The van der Waals surface area contributed by atoms with Gasteiger partial charge in [-0.1, -0.05) is 26.7 Å². The number of rotatable bonds is 7. The van der Waals surface area contributed by atoms with Gasteiger partial charge in [-0.2, -0.15) is 0 Å². The number of carboxylic acid groups (broad SMARTS) is 1. The van der Waals surface area contributed by atoms with Gasteiger partial charge in [0.05, 0.1) is 17.6 Å².